The van der Waals surface area contributed by atoms with Crippen LogP contribution in [0.3, 0.4) is 0 Å². The molecule has 1 fully saturated rings. The van der Waals surface area contributed by atoms with Crippen molar-refractivity contribution in [3.05, 3.63) is 77.7 Å². The van der Waals surface area contributed by atoms with Crippen LogP contribution in [0.15, 0.2) is 61.1 Å². The number of hydrogen-bond donors (Lipinski definition) is 0. The summed E-state index contributed by atoms with van der Waals surface area (Å²) in [6.07, 6.45) is -0.0596. The van der Waals surface area contributed by atoms with Crippen LogP contribution in [0.2, 0.25) is 0 Å². The van der Waals surface area contributed by atoms with E-state index >= 15 is 0 Å². The SMILES string of the molecule is Cc1ccc(C(C)C)cc1Oc1nccc(-c2c(-c3ccc(C(F)(F)F)cc3)ncn2[C@@H]2CCN(CCN(C)C)C2)n1. The van der Waals surface area contributed by atoms with E-state index in [-0.39, 0.29) is 12.1 Å². The third-order valence-corrected chi connectivity index (χ3v) is 7.74. The Bertz CT molecular complexity index is 1510. The Morgan fingerprint density at radius 1 is 1.05 bits per heavy atom. The van der Waals surface area contributed by atoms with Crippen molar-refractivity contribution in [3.8, 4) is 34.4 Å². The van der Waals surface area contributed by atoms with Crippen LogP contribution in [0.5, 0.6) is 11.8 Å². The highest BCUT2D eigenvalue weighted by molar-refractivity contribution is 5.77. The Kier molecular flexibility index (Phi) is 8.65. The highest BCUT2D eigenvalue weighted by Crippen LogP contribution is 2.37. The van der Waals surface area contributed by atoms with E-state index in [0.29, 0.717) is 28.6 Å². The number of alkyl halides is 3. The molecule has 1 aliphatic heterocycles. The van der Waals surface area contributed by atoms with E-state index in [1.807, 2.05) is 19.1 Å². The molecular formula is C32H37F3N6O. The van der Waals surface area contributed by atoms with Crippen LogP contribution >= 0.6 is 0 Å². The van der Waals surface area contributed by atoms with E-state index in [2.05, 4.69) is 53.4 Å². The fourth-order valence-electron chi connectivity index (χ4n) is 5.21. The second kappa shape index (κ2) is 12.2. The topological polar surface area (TPSA) is 59.3 Å². The van der Waals surface area contributed by atoms with Crippen LogP contribution in [-0.2, 0) is 6.18 Å². The largest absolute Gasteiger partial charge is 0.424 e. The number of hydrogen-bond acceptors (Lipinski definition) is 6. The van der Waals surface area contributed by atoms with Crippen molar-refractivity contribution in [2.24, 2.45) is 0 Å². The molecule has 42 heavy (non-hydrogen) atoms. The Balaban J connectivity index is 1.53. The molecule has 2 aromatic carbocycles. The average Bonchev–Trinajstić information content (AvgIpc) is 3.60. The van der Waals surface area contributed by atoms with Gasteiger partial charge in [-0.2, -0.15) is 18.2 Å². The molecular weight excluding hydrogens is 541 g/mol. The summed E-state index contributed by atoms with van der Waals surface area (Å²) in [4.78, 5) is 18.5. The van der Waals surface area contributed by atoms with Crippen LogP contribution in [0.25, 0.3) is 22.6 Å². The van der Waals surface area contributed by atoms with Crippen molar-refractivity contribution in [3.63, 3.8) is 0 Å². The molecule has 5 rings (SSSR count). The molecule has 7 nitrogen and oxygen atoms in total. The lowest BCUT2D eigenvalue weighted by Crippen LogP contribution is -2.30. The maximum Gasteiger partial charge on any atom is 0.416 e. The number of imidazole rings is 1. The monoisotopic (exact) mass is 578 g/mol. The lowest BCUT2D eigenvalue weighted by Gasteiger charge is -2.20. The van der Waals surface area contributed by atoms with E-state index in [1.54, 1.807) is 18.6 Å². The first-order valence-corrected chi connectivity index (χ1v) is 14.2. The van der Waals surface area contributed by atoms with E-state index < -0.39 is 11.7 Å². The minimum absolute atomic E-state index is 0.141. The number of rotatable bonds is 9. The van der Waals surface area contributed by atoms with Crippen molar-refractivity contribution in [2.45, 2.75) is 45.3 Å². The number of aryl methyl sites for hydroxylation is 1. The summed E-state index contributed by atoms with van der Waals surface area (Å²) in [6, 6.07) is 13.4. The Morgan fingerprint density at radius 3 is 2.50 bits per heavy atom. The third-order valence-electron chi connectivity index (χ3n) is 7.74. The van der Waals surface area contributed by atoms with Gasteiger partial charge in [0.05, 0.1) is 29.0 Å². The molecule has 3 heterocycles. The van der Waals surface area contributed by atoms with Crippen molar-refractivity contribution in [1.82, 2.24) is 29.3 Å². The molecule has 1 atom stereocenters. The minimum atomic E-state index is -4.41. The summed E-state index contributed by atoms with van der Waals surface area (Å²) in [5, 5.41) is 0. The molecule has 0 saturated carbocycles. The Hall–Kier alpha value is -3.76. The summed E-state index contributed by atoms with van der Waals surface area (Å²) in [7, 11) is 4.13. The second-order valence-corrected chi connectivity index (χ2v) is 11.5. The molecule has 0 aliphatic carbocycles. The smallest absolute Gasteiger partial charge is 0.416 e. The van der Waals surface area contributed by atoms with Crippen molar-refractivity contribution < 1.29 is 17.9 Å². The summed E-state index contributed by atoms with van der Waals surface area (Å²) in [6.45, 7) is 9.95. The third kappa shape index (κ3) is 6.65. The van der Waals surface area contributed by atoms with Crippen molar-refractivity contribution >= 4 is 0 Å². The van der Waals surface area contributed by atoms with Crippen LogP contribution in [-0.4, -0.2) is 69.6 Å². The summed E-state index contributed by atoms with van der Waals surface area (Å²) in [5.74, 6) is 1.02. The van der Waals surface area contributed by atoms with E-state index in [1.165, 1.54) is 12.1 Å². The second-order valence-electron chi connectivity index (χ2n) is 11.5. The van der Waals surface area contributed by atoms with Crippen molar-refractivity contribution in [2.75, 3.05) is 40.3 Å². The molecule has 0 radical (unpaired) electrons. The Labute approximate surface area is 245 Å². The van der Waals surface area contributed by atoms with Crippen LogP contribution in [0.1, 0.15) is 48.9 Å². The standard InChI is InChI=1S/C32H37F3N6O/c1-21(2)24-7-6-22(3)28(18-24)42-31-36-14-12-27(38-31)30-29(23-8-10-25(11-9-23)32(33,34)35)37-20-41(30)26-13-15-40(19-26)17-16-39(4)5/h6-12,14,18,20-21,26H,13,15-17,19H2,1-5H3/t26-/m1/s1. The zero-order valence-corrected chi connectivity index (χ0v) is 24.7. The molecule has 0 spiro atoms. The van der Waals surface area contributed by atoms with E-state index in [0.717, 1.165) is 61.6 Å². The molecule has 10 heteroatoms. The van der Waals surface area contributed by atoms with E-state index in [4.69, 9.17) is 14.7 Å². The molecule has 4 aromatic rings. The van der Waals surface area contributed by atoms with Gasteiger partial charge in [-0.3, -0.25) is 4.90 Å². The van der Waals surface area contributed by atoms with E-state index in [9.17, 15) is 13.2 Å². The maximum atomic E-state index is 13.3. The number of benzene rings is 2. The summed E-state index contributed by atoms with van der Waals surface area (Å²) >= 11 is 0. The molecule has 0 amide bonds. The van der Waals surface area contributed by atoms with Gasteiger partial charge in [0.15, 0.2) is 0 Å². The predicted octanol–water partition coefficient (Wildman–Crippen LogP) is 7.06. The van der Waals surface area contributed by atoms with Gasteiger partial charge in [-0.15, -0.1) is 0 Å². The molecule has 0 N–H and O–H groups in total. The van der Waals surface area contributed by atoms with Gasteiger partial charge in [0, 0.05) is 44.0 Å². The van der Waals surface area contributed by atoms with Gasteiger partial charge in [-0.05, 0) is 68.8 Å². The first kappa shape index (κ1) is 29.7. The van der Waals surface area contributed by atoms with Gasteiger partial charge in [-0.1, -0.05) is 38.1 Å². The van der Waals surface area contributed by atoms with Gasteiger partial charge in [0.1, 0.15) is 5.75 Å². The van der Waals surface area contributed by atoms with Gasteiger partial charge in [0.2, 0.25) is 0 Å². The van der Waals surface area contributed by atoms with Crippen LogP contribution in [0.4, 0.5) is 13.2 Å². The molecule has 1 aliphatic rings. The lowest BCUT2D eigenvalue weighted by molar-refractivity contribution is -0.137. The van der Waals surface area contributed by atoms with Crippen molar-refractivity contribution in [1.29, 1.82) is 0 Å². The highest BCUT2D eigenvalue weighted by atomic mass is 19.4. The number of nitrogens with zero attached hydrogens (tertiary/aromatic N) is 6. The zero-order valence-electron chi connectivity index (χ0n) is 24.7. The molecule has 0 unspecified atom stereocenters. The minimum Gasteiger partial charge on any atom is -0.424 e. The molecule has 2 aromatic heterocycles. The quantitative estimate of drug-likeness (QED) is 0.212. The van der Waals surface area contributed by atoms with Gasteiger partial charge in [0.25, 0.3) is 0 Å². The zero-order chi connectivity index (χ0) is 30.0. The average molecular weight is 579 g/mol. The molecule has 222 valence electrons. The number of likely N-dealkylation sites (tertiary alicyclic amines) is 1. The first-order chi connectivity index (χ1) is 20.0. The predicted molar refractivity (Wildman–Crippen MR) is 158 cm³/mol. The molecule has 1 saturated heterocycles. The van der Waals surface area contributed by atoms with Gasteiger partial charge in [-0.25, -0.2) is 9.97 Å². The number of aromatic nitrogens is 4. The maximum absolute atomic E-state index is 13.3. The van der Waals surface area contributed by atoms with Crippen LogP contribution in [0, 0.1) is 6.92 Å². The number of likely N-dealkylation sites (N-methyl/N-ethyl adjacent to an activating group) is 1. The highest BCUT2D eigenvalue weighted by Gasteiger charge is 2.31. The fourth-order valence-corrected chi connectivity index (χ4v) is 5.21. The van der Waals surface area contributed by atoms with Gasteiger partial charge >= 0.3 is 12.2 Å². The Morgan fingerprint density at radius 2 is 1.81 bits per heavy atom. The van der Waals surface area contributed by atoms with Crippen LogP contribution < -0.4 is 4.74 Å². The fraction of sp³-hybridized carbons (Fsp3) is 0.406. The lowest BCUT2D eigenvalue weighted by atomic mass is 10.0. The number of halogens is 3. The first-order valence-electron chi connectivity index (χ1n) is 14.2. The molecule has 0 bridgehead atoms. The normalized spacial score (nSPS) is 16.1. The summed E-state index contributed by atoms with van der Waals surface area (Å²) in [5.41, 5.74) is 3.89. The van der Waals surface area contributed by atoms with Gasteiger partial charge < -0.3 is 14.2 Å². The number of ether oxygens (including phenoxy) is 1. The summed E-state index contributed by atoms with van der Waals surface area (Å²) < 4.78 is 48.2.